The first kappa shape index (κ1) is 21.8. The number of anilines is 1. The van der Waals surface area contributed by atoms with E-state index in [1.807, 2.05) is 37.3 Å². The van der Waals surface area contributed by atoms with E-state index in [-0.39, 0.29) is 10.6 Å². The number of halogens is 2. The molecule has 0 aliphatic heterocycles. The Balaban J connectivity index is 1.74. The fourth-order valence-corrected chi connectivity index (χ4v) is 3.43. The number of benzene rings is 3. The first-order valence-electron chi connectivity index (χ1n) is 9.19. The standard InChI is InChI=1S/C23H21Cl2NO4/c1-14-5-3-4-6-16(14)13-30-22-20(25)9-15(10-21(22)29-2)12-26-17-7-8-19(24)18(11-17)23(27)28/h3-11,26H,12-13H2,1-2H3,(H,27,28). The molecule has 3 rings (SSSR count). The molecule has 7 heteroatoms. The Morgan fingerprint density at radius 1 is 1.07 bits per heavy atom. The van der Waals surface area contributed by atoms with Crippen LogP contribution in [0.25, 0.3) is 0 Å². The lowest BCUT2D eigenvalue weighted by atomic mass is 10.1. The summed E-state index contributed by atoms with van der Waals surface area (Å²) in [6.07, 6.45) is 0. The van der Waals surface area contributed by atoms with E-state index in [1.165, 1.54) is 6.07 Å². The minimum Gasteiger partial charge on any atom is -0.493 e. The Hall–Kier alpha value is -2.89. The predicted octanol–water partition coefficient (Wildman–Crippen LogP) is 6.20. The molecule has 0 fully saturated rings. The first-order chi connectivity index (χ1) is 14.4. The Kier molecular flexibility index (Phi) is 7.08. The second-order valence-electron chi connectivity index (χ2n) is 6.68. The van der Waals surface area contributed by atoms with Crippen LogP contribution >= 0.6 is 23.2 Å². The third kappa shape index (κ3) is 5.17. The van der Waals surface area contributed by atoms with Gasteiger partial charge in [0.2, 0.25) is 0 Å². The van der Waals surface area contributed by atoms with Crippen molar-refractivity contribution in [1.29, 1.82) is 0 Å². The summed E-state index contributed by atoms with van der Waals surface area (Å²) in [7, 11) is 1.56. The lowest BCUT2D eigenvalue weighted by molar-refractivity contribution is 0.0697. The van der Waals surface area contributed by atoms with Gasteiger partial charge in [-0.05, 0) is 53.9 Å². The number of aryl methyl sites for hydroxylation is 1. The van der Waals surface area contributed by atoms with Crippen LogP contribution in [0, 0.1) is 6.92 Å². The van der Waals surface area contributed by atoms with Crippen molar-refractivity contribution in [2.45, 2.75) is 20.1 Å². The quantitative estimate of drug-likeness (QED) is 0.431. The summed E-state index contributed by atoms with van der Waals surface area (Å²) < 4.78 is 11.4. The highest BCUT2D eigenvalue weighted by Crippen LogP contribution is 2.37. The molecule has 3 aromatic rings. The summed E-state index contributed by atoms with van der Waals surface area (Å²) in [6.45, 7) is 2.82. The Bertz CT molecular complexity index is 1070. The maximum atomic E-state index is 11.2. The predicted molar refractivity (Wildman–Crippen MR) is 119 cm³/mol. The van der Waals surface area contributed by atoms with Crippen LogP contribution in [-0.2, 0) is 13.2 Å². The molecule has 0 heterocycles. The molecular weight excluding hydrogens is 425 g/mol. The summed E-state index contributed by atoms with van der Waals surface area (Å²) >= 11 is 12.4. The van der Waals surface area contributed by atoms with Gasteiger partial charge in [-0.1, -0.05) is 47.5 Å². The summed E-state index contributed by atoms with van der Waals surface area (Å²) in [6, 6.07) is 16.3. The van der Waals surface area contributed by atoms with Gasteiger partial charge < -0.3 is 19.9 Å². The van der Waals surface area contributed by atoms with Crippen LogP contribution in [0.3, 0.4) is 0 Å². The van der Waals surface area contributed by atoms with Crippen LogP contribution in [-0.4, -0.2) is 18.2 Å². The number of ether oxygens (including phenoxy) is 2. The maximum absolute atomic E-state index is 11.2. The van der Waals surface area contributed by atoms with Crippen molar-refractivity contribution < 1.29 is 19.4 Å². The summed E-state index contributed by atoms with van der Waals surface area (Å²) in [5.41, 5.74) is 3.73. The molecule has 2 N–H and O–H groups in total. The number of rotatable bonds is 8. The molecule has 0 aliphatic carbocycles. The zero-order valence-corrected chi connectivity index (χ0v) is 18.1. The summed E-state index contributed by atoms with van der Waals surface area (Å²) in [5.74, 6) is -0.0791. The molecule has 3 aromatic carbocycles. The molecule has 0 bridgehead atoms. The zero-order valence-electron chi connectivity index (χ0n) is 16.5. The molecule has 0 aromatic heterocycles. The number of carboxylic acid groups (broad SMARTS) is 1. The average Bonchev–Trinajstić information content (AvgIpc) is 2.72. The van der Waals surface area contributed by atoms with Crippen molar-refractivity contribution in [3.63, 3.8) is 0 Å². The van der Waals surface area contributed by atoms with E-state index in [4.69, 9.17) is 32.7 Å². The highest BCUT2D eigenvalue weighted by molar-refractivity contribution is 6.33. The first-order valence-corrected chi connectivity index (χ1v) is 9.95. The van der Waals surface area contributed by atoms with Gasteiger partial charge in [-0.2, -0.15) is 0 Å². The molecule has 156 valence electrons. The van der Waals surface area contributed by atoms with E-state index in [1.54, 1.807) is 25.3 Å². The van der Waals surface area contributed by atoms with Gasteiger partial charge in [-0.15, -0.1) is 0 Å². The minimum absolute atomic E-state index is 0.0391. The number of carboxylic acids is 1. The number of aromatic carboxylic acids is 1. The molecule has 0 spiro atoms. The lowest BCUT2D eigenvalue weighted by Gasteiger charge is -2.16. The van der Waals surface area contributed by atoms with Crippen LogP contribution in [0.1, 0.15) is 27.0 Å². The molecule has 5 nitrogen and oxygen atoms in total. The summed E-state index contributed by atoms with van der Waals surface area (Å²) in [4.78, 5) is 11.2. The average molecular weight is 446 g/mol. The number of methoxy groups -OCH3 is 1. The molecule has 0 aliphatic rings. The zero-order chi connectivity index (χ0) is 21.7. The molecule has 0 amide bonds. The SMILES string of the molecule is COc1cc(CNc2ccc(Cl)c(C(=O)O)c2)cc(Cl)c1OCc1ccccc1C. The normalized spacial score (nSPS) is 10.5. The van der Waals surface area contributed by atoms with Crippen LogP contribution in [0.4, 0.5) is 5.69 Å². The smallest absolute Gasteiger partial charge is 0.337 e. The molecule has 30 heavy (non-hydrogen) atoms. The molecule has 0 unspecified atom stereocenters. The van der Waals surface area contributed by atoms with Gasteiger partial charge in [0, 0.05) is 12.2 Å². The van der Waals surface area contributed by atoms with Gasteiger partial charge in [-0.25, -0.2) is 4.79 Å². The van der Waals surface area contributed by atoms with Gasteiger partial charge in [0.05, 0.1) is 22.7 Å². The van der Waals surface area contributed by atoms with E-state index < -0.39 is 5.97 Å². The largest absolute Gasteiger partial charge is 0.493 e. The molecule has 0 radical (unpaired) electrons. The van der Waals surface area contributed by atoms with Crippen molar-refractivity contribution in [2.75, 3.05) is 12.4 Å². The van der Waals surface area contributed by atoms with Crippen LogP contribution < -0.4 is 14.8 Å². The van der Waals surface area contributed by atoms with Gasteiger partial charge >= 0.3 is 5.97 Å². The van der Waals surface area contributed by atoms with Crippen molar-refractivity contribution in [3.05, 3.63) is 86.9 Å². The lowest BCUT2D eigenvalue weighted by Crippen LogP contribution is -2.04. The monoisotopic (exact) mass is 445 g/mol. The second-order valence-corrected chi connectivity index (χ2v) is 7.49. The molecule has 0 saturated heterocycles. The topological polar surface area (TPSA) is 67.8 Å². The second kappa shape index (κ2) is 9.74. The number of carbonyl (C=O) groups is 1. The Labute approximate surface area is 185 Å². The van der Waals surface area contributed by atoms with Crippen molar-refractivity contribution in [1.82, 2.24) is 0 Å². The fraction of sp³-hybridized carbons (Fsp3) is 0.174. The van der Waals surface area contributed by atoms with Crippen molar-refractivity contribution >= 4 is 34.9 Å². The van der Waals surface area contributed by atoms with Gasteiger partial charge in [-0.3, -0.25) is 0 Å². The van der Waals surface area contributed by atoms with E-state index >= 15 is 0 Å². The number of hydrogen-bond acceptors (Lipinski definition) is 4. The Morgan fingerprint density at radius 2 is 1.83 bits per heavy atom. The van der Waals surface area contributed by atoms with E-state index in [9.17, 15) is 9.90 Å². The van der Waals surface area contributed by atoms with Gasteiger partial charge in [0.1, 0.15) is 6.61 Å². The third-order valence-corrected chi connectivity index (χ3v) is 5.23. The molecular formula is C23H21Cl2NO4. The van der Waals surface area contributed by atoms with Gasteiger partial charge in [0.15, 0.2) is 11.5 Å². The van der Waals surface area contributed by atoms with E-state index in [0.717, 1.165) is 16.7 Å². The van der Waals surface area contributed by atoms with Crippen molar-refractivity contribution in [2.24, 2.45) is 0 Å². The summed E-state index contributed by atoms with van der Waals surface area (Å²) in [5, 5.41) is 13.0. The minimum atomic E-state index is -1.08. The number of hydrogen-bond donors (Lipinski definition) is 2. The fourth-order valence-electron chi connectivity index (χ4n) is 2.94. The van der Waals surface area contributed by atoms with Crippen molar-refractivity contribution in [3.8, 4) is 11.5 Å². The number of nitrogens with one attached hydrogen (secondary N) is 1. The van der Waals surface area contributed by atoms with Crippen LogP contribution in [0.15, 0.2) is 54.6 Å². The van der Waals surface area contributed by atoms with Gasteiger partial charge in [0.25, 0.3) is 0 Å². The molecule has 0 atom stereocenters. The molecule has 0 saturated carbocycles. The maximum Gasteiger partial charge on any atom is 0.337 e. The highest BCUT2D eigenvalue weighted by Gasteiger charge is 2.14. The van der Waals surface area contributed by atoms with E-state index in [2.05, 4.69) is 5.32 Å². The van der Waals surface area contributed by atoms with Crippen LogP contribution in [0.2, 0.25) is 10.0 Å². The Morgan fingerprint density at radius 3 is 2.53 bits per heavy atom. The third-order valence-electron chi connectivity index (χ3n) is 4.62. The van der Waals surface area contributed by atoms with Crippen LogP contribution in [0.5, 0.6) is 11.5 Å². The van der Waals surface area contributed by atoms with E-state index in [0.29, 0.717) is 35.4 Å². The highest BCUT2D eigenvalue weighted by atomic mass is 35.5.